The van der Waals surface area contributed by atoms with Gasteiger partial charge in [0.15, 0.2) is 0 Å². The van der Waals surface area contributed by atoms with Gasteiger partial charge in [-0.15, -0.1) is 11.3 Å². The number of nitrogens with zero attached hydrogens (tertiary/aromatic N) is 5. The number of thiophene rings is 1. The van der Waals surface area contributed by atoms with E-state index >= 15 is 0 Å². The van der Waals surface area contributed by atoms with E-state index in [2.05, 4.69) is 48.9 Å². The van der Waals surface area contributed by atoms with Gasteiger partial charge in [0, 0.05) is 36.3 Å². The number of piperazine rings is 1. The summed E-state index contributed by atoms with van der Waals surface area (Å²) < 4.78 is 2.85. The molecule has 0 atom stereocenters. The van der Waals surface area contributed by atoms with Gasteiger partial charge in [-0.25, -0.2) is 4.98 Å². The van der Waals surface area contributed by atoms with Gasteiger partial charge in [0.1, 0.15) is 33.2 Å². The normalized spacial score (nSPS) is 14.1. The summed E-state index contributed by atoms with van der Waals surface area (Å²) in [5.74, 6) is 0. The van der Waals surface area contributed by atoms with Crippen molar-refractivity contribution < 1.29 is 0 Å². The van der Waals surface area contributed by atoms with Gasteiger partial charge in [0.25, 0.3) is 5.56 Å². The van der Waals surface area contributed by atoms with Crippen LogP contribution in [0.15, 0.2) is 70.2 Å². The van der Waals surface area contributed by atoms with Crippen molar-refractivity contribution in [2.24, 2.45) is 0 Å². The van der Waals surface area contributed by atoms with Crippen molar-refractivity contribution >= 4 is 48.2 Å². The molecule has 0 bridgehead atoms. The summed E-state index contributed by atoms with van der Waals surface area (Å²) in [7, 11) is 0. The quantitative estimate of drug-likeness (QED) is 0.424. The molecule has 2 aromatic carbocycles. The molecular weight excluding hydrogens is 474 g/mol. The average Bonchev–Trinajstić information content (AvgIpc) is 3.20. The maximum atomic E-state index is 13.3. The van der Waals surface area contributed by atoms with Gasteiger partial charge in [-0.2, -0.15) is 5.26 Å². The van der Waals surface area contributed by atoms with Crippen LogP contribution in [0, 0.1) is 11.3 Å². The average molecular weight is 492 g/mol. The Hall–Kier alpha value is -3.15. The Morgan fingerprint density at radius 3 is 2.35 bits per heavy atom. The van der Waals surface area contributed by atoms with Crippen LogP contribution in [0.1, 0.15) is 5.56 Å². The molecule has 0 saturated carbocycles. The monoisotopic (exact) mass is 491 g/mol. The number of halogens is 1. The number of fused-ring (bicyclic) bond motifs is 1. The molecule has 1 aliphatic heterocycles. The van der Waals surface area contributed by atoms with Crippen molar-refractivity contribution in [3.05, 3.63) is 81.3 Å². The molecule has 0 unspecified atom stereocenters. The summed E-state index contributed by atoms with van der Waals surface area (Å²) in [6.07, 6.45) is 1.51. The SMILES string of the molecule is N#Cc1c(N2CCN(c3ccccc3)CC2)sc2c(=O)n(-c3ccccc3Br)cnc12. The maximum absolute atomic E-state index is 13.3. The van der Waals surface area contributed by atoms with Crippen LogP contribution in [0.2, 0.25) is 0 Å². The van der Waals surface area contributed by atoms with Gasteiger partial charge in [0.05, 0.1) is 5.69 Å². The summed E-state index contributed by atoms with van der Waals surface area (Å²) in [6.45, 7) is 3.29. The zero-order valence-corrected chi connectivity index (χ0v) is 18.9. The van der Waals surface area contributed by atoms with Gasteiger partial charge in [-0.1, -0.05) is 30.3 Å². The van der Waals surface area contributed by atoms with Crippen LogP contribution in [-0.4, -0.2) is 35.7 Å². The van der Waals surface area contributed by atoms with Gasteiger partial charge >= 0.3 is 0 Å². The van der Waals surface area contributed by atoms with E-state index in [0.717, 1.165) is 41.3 Å². The van der Waals surface area contributed by atoms with E-state index in [0.29, 0.717) is 15.8 Å². The van der Waals surface area contributed by atoms with Crippen molar-refractivity contribution in [2.45, 2.75) is 0 Å². The Kier molecular flexibility index (Phi) is 5.22. The molecule has 1 aliphatic rings. The predicted molar refractivity (Wildman–Crippen MR) is 129 cm³/mol. The molecule has 1 saturated heterocycles. The van der Waals surface area contributed by atoms with Crippen LogP contribution >= 0.6 is 27.3 Å². The van der Waals surface area contributed by atoms with E-state index < -0.39 is 0 Å². The molecule has 0 radical (unpaired) electrons. The third-order valence-electron chi connectivity index (χ3n) is 5.49. The smallest absolute Gasteiger partial charge is 0.276 e. The van der Waals surface area contributed by atoms with Crippen molar-refractivity contribution in [2.75, 3.05) is 36.0 Å². The van der Waals surface area contributed by atoms with Crippen LogP contribution in [0.25, 0.3) is 15.9 Å². The lowest BCUT2D eigenvalue weighted by molar-refractivity contribution is 0.657. The second kappa shape index (κ2) is 8.17. The van der Waals surface area contributed by atoms with Crippen LogP contribution < -0.4 is 15.4 Å². The molecule has 154 valence electrons. The lowest BCUT2D eigenvalue weighted by atomic mass is 10.2. The number of hydrogen-bond acceptors (Lipinski definition) is 6. The number of hydrogen-bond donors (Lipinski definition) is 0. The summed E-state index contributed by atoms with van der Waals surface area (Å²) in [6, 6.07) is 20.2. The first-order valence-electron chi connectivity index (χ1n) is 9.91. The number of anilines is 2. The Bertz CT molecular complexity index is 1350. The number of rotatable bonds is 3. The van der Waals surface area contributed by atoms with Crippen LogP contribution in [0.5, 0.6) is 0 Å². The largest absolute Gasteiger partial charge is 0.368 e. The Balaban J connectivity index is 1.50. The molecule has 5 rings (SSSR count). The van der Waals surface area contributed by atoms with Gasteiger partial charge in [0.2, 0.25) is 0 Å². The van der Waals surface area contributed by atoms with Crippen molar-refractivity contribution in [1.82, 2.24) is 9.55 Å². The van der Waals surface area contributed by atoms with Crippen molar-refractivity contribution in [3.63, 3.8) is 0 Å². The van der Waals surface area contributed by atoms with E-state index in [-0.39, 0.29) is 5.56 Å². The number of aromatic nitrogens is 2. The van der Waals surface area contributed by atoms with Crippen LogP contribution in [0.3, 0.4) is 0 Å². The van der Waals surface area contributed by atoms with Crippen molar-refractivity contribution in [3.8, 4) is 11.8 Å². The summed E-state index contributed by atoms with van der Waals surface area (Å²) in [5.41, 5.74) is 2.75. The molecule has 0 N–H and O–H groups in total. The van der Waals surface area contributed by atoms with Crippen molar-refractivity contribution in [1.29, 1.82) is 5.26 Å². The second-order valence-corrected chi connectivity index (χ2v) is 9.11. The molecular formula is C23H18BrN5OS. The highest BCUT2D eigenvalue weighted by molar-refractivity contribution is 9.10. The fraction of sp³-hybridized carbons (Fsp3) is 0.174. The minimum atomic E-state index is -0.160. The van der Waals surface area contributed by atoms with E-state index in [1.54, 1.807) is 0 Å². The second-order valence-electron chi connectivity index (χ2n) is 7.25. The highest BCUT2D eigenvalue weighted by Crippen LogP contribution is 2.36. The van der Waals surface area contributed by atoms with Gasteiger partial charge in [-0.3, -0.25) is 9.36 Å². The summed E-state index contributed by atoms with van der Waals surface area (Å²) in [4.78, 5) is 22.3. The molecule has 2 aromatic heterocycles. The molecule has 8 heteroatoms. The third-order valence-corrected chi connectivity index (χ3v) is 7.39. The first-order chi connectivity index (χ1) is 15.2. The molecule has 1 fully saturated rings. The van der Waals surface area contributed by atoms with E-state index in [1.165, 1.54) is 27.9 Å². The Morgan fingerprint density at radius 1 is 0.968 bits per heavy atom. The predicted octanol–water partition coefficient (Wildman–Crippen LogP) is 4.41. The Labute approximate surface area is 191 Å². The molecule has 0 amide bonds. The number of nitriles is 1. The first kappa shape index (κ1) is 19.8. The van der Waals surface area contributed by atoms with E-state index in [9.17, 15) is 10.1 Å². The van der Waals surface area contributed by atoms with Gasteiger partial charge < -0.3 is 9.80 Å². The summed E-state index contributed by atoms with van der Waals surface area (Å²) >= 11 is 4.87. The number of benzene rings is 2. The zero-order valence-electron chi connectivity index (χ0n) is 16.5. The number of para-hydroxylation sites is 2. The molecule has 3 heterocycles. The van der Waals surface area contributed by atoms with Gasteiger partial charge in [-0.05, 0) is 40.2 Å². The third kappa shape index (κ3) is 3.50. The minimum Gasteiger partial charge on any atom is -0.368 e. The first-order valence-corrected chi connectivity index (χ1v) is 11.5. The minimum absolute atomic E-state index is 0.160. The molecule has 6 nitrogen and oxygen atoms in total. The van der Waals surface area contributed by atoms with E-state index in [1.807, 2.05) is 42.5 Å². The van der Waals surface area contributed by atoms with Crippen LogP contribution in [-0.2, 0) is 0 Å². The fourth-order valence-corrected chi connectivity index (χ4v) is 5.57. The fourth-order valence-electron chi connectivity index (χ4n) is 3.90. The highest BCUT2D eigenvalue weighted by atomic mass is 79.9. The summed E-state index contributed by atoms with van der Waals surface area (Å²) in [5, 5.41) is 10.7. The molecule has 31 heavy (non-hydrogen) atoms. The maximum Gasteiger partial charge on any atom is 0.276 e. The lowest BCUT2D eigenvalue weighted by Gasteiger charge is -2.36. The van der Waals surface area contributed by atoms with E-state index in [4.69, 9.17) is 0 Å². The highest BCUT2D eigenvalue weighted by Gasteiger charge is 2.25. The zero-order chi connectivity index (χ0) is 21.4. The molecule has 0 aliphatic carbocycles. The Morgan fingerprint density at radius 2 is 1.65 bits per heavy atom. The molecule has 0 spiro atoms. The standard InChI is InChI=1S/C23H18BrN5OS/c24-18-8-4-5-9-19(18)29-15-26-20-17(14-25)23(31-21(20)22(29)30)28-12-10-27(11-13-28)16-6-2-1-3-7-16/h1-9,15H,10-13H2. The van der Waals surface area contributed by atoms with Crippen LogP contribution in [0.4, 0.5) is 10.7 Å². The lowest BCUT2D eigenvalue weighted by Crippen LogP contribution is -2.46. The molecule has 4 aromatic rings. The topological polar surface area (TPSA) is 65.2 Å².